The van der Waals surface area contributed by atoms with E-state index in [1.807, 2.05) is 0 Å². The van der Waals surface area contributed by atoms with Gasteiger partial charge in [-0.05, 0) is 0 Å². The largest absolute Gasteiger partial charge is 0.369 e. The third-order valence-corrected chi connectivity index (χ3v) is 2.81. The van der Waals surface area contributed by atoms with E-state index in [9.17, 15) is 14.4 Å². The number of nitrogens with zero attached hydrogens (tertiary/aromatic N) is 2. The second-order valence-corrected chi connectivity index (χ2v) is 4.03. The Morgan fingerprint density at radius 3 is 1.69 bits per heavy atom. The Hall–Kier alpha value is -1.59. The Morgan fingerprint density at radius 2 is 1.44 bits per heavy atom. The highest BCUT2D eigenvalue weighted by Crippen LogP contribution is 2.09. The highest BCUT2D eigenvalue weighted by Gasteiger charge is 2.28. The number of rotatable bonds is 1. The van der Waals surface area contributed by atoms with E-state index in [-0.39, 0.29) is 13.2 Å². The summed E-state index contributed by atoms with van der Waals surface area (Å²) in [5.41, 5.74) is 5.25. The lowest BCUT2D eigenvalue weighted by molar-refractivity contribution is -0.131. The van der Waals surface area contributed by atoms with Crippen molar-refractivity contribution in [2.45, 2.75) is 13.8 Å². The molecule has 1 aliphatic heterocycles. The van der Waals surface area contributed by atoms with Gasteiger partial charge in [0, 0.05) is 41.5 Å². The fourth-order valence-corrected chi connectivity index (χ4v) is 1.77. The molecule has 2 N–H and O–H groups in total. The minimum absolute atomic E-state index is 0. The zero-order valence-electron chi connectivity index (χ0n) is 9.60. The van der Waals surface area contributed by atoms with Crippen LogP contribution in [0.1, 0.15) is 15.3 Å². The number of hydrogen-bond donors (Lipinski definition) is 1. The van der Waals surface area contributed by atoms with E-state index in [2.05, 4.69) is 0 Å². The first kappa shape index (κ1) is 12.5. The van der Waals surface area contributed by atoms with E-state index in [1.165, 1.54) is 13.8 Å². The molecule has 92 valence electrons. The molecule has 1 heterocycles. The summed E-state index contributed by atoms with van der Waals surface area (Å²) in [5.74, 6) is -1.15. The first-order chi connectivity index (χ1) is 7.41. The maximum Gasteiger partial charge on any atom is 0.224 e. The molecule has 1 aliphatic rings. The van der Waals surface area contributed by atoms with Crippen molar-refractivity contribution in [2.24, 2.45) is 11.7 Å². The molecule has 0 unspecified atom stereocenters. The lowest BCUT2D eigenvalue weighted by Gasteiger charge is -2.20. The number of carbonyl (C=O) groups excluding carboxylic acids is 3. The summed E-state index contributed by atoms with van der Waals surface area (Å²) in [6, 6.07) is 0. The van der Waals surface area contributed by atoms with Crippen LogP contribution in [0.5, 0.6) is 0 Å². The molecule has 16 heavy (non-hydrogen) atoms. The normalized spacial score (nSPS) is 18.1. The Kier molecular flexibility index (Phi) is 3.87. The Bertz CT molecular complexity index is 298. The minimum atomic E-state index is -0.477. The van der Waals surface area contributed by atoms with Crippen molar-refractivity contribution >= 4 is 17.7 Å². The summed E-state index contributed by atoms with van der Waals surface area (Å²) < 4.78 is 0. The number of primary amides is 1. The molecule has 0 bridgehead atoms. The quantitative estimate of drug-likeness (QED) is 0.629. The molecule has 1 fully saturated rings. The molecule has 0 atom stereocenters. The molecule has 0 radical (unpaired) electrons. The van der Waals surface area contributed by atoms with E-state index in [0.717, 1.165) is 0 Å². The third kappa shape index (κ3) is 2.95. The van der Waals surface area contributed by atoms with Crippen LogP contribution in [0.25, 0.3) is 0 Å². The molecule has 0 saturated carbocycles. The van der Waals surface area contributed by atoms with Crippen LogP contribution < -0.4 is 5.73 Å². The summed E-state index contributed by atoms with van der Waals surface area (Å²) in [6.45, 7) is 4.41. The number of amides is 3. The van der Waals surface area contributed by atoms with Crippen molar-refractivity contribution in [3.63, 3.8) is 0 Å². The molecule has 1 rings (SSSR count). The molecule has 0 aromatic carbocycles. The molecule has 3 amide bonds. The van der Waals surface area contributed by atoms with Crippen LogP contribution in [-0.2, 0) is 14.4 Å². The predicted molar refractivity (Wildman–Crippen MR) is 59.3 cm³/mol. The maximum atomic E-state index is 11.3. The van der Waals surface area contributed by atoms with E-state index in [4.69, 9.17) is 5.73 Å². The SMILES string of the molecule is CC(=O)N1CCN(C(C)=O)CC(C(N)=O)C1.[HH]. The fourth-order valence-electron chi connectivity index (χ4n) is 1.77. The average molecular weight is 229 g/mol. The molecule has 6 heteroatoms. The first-order valence-electron chi connectivity index (χ1n) is 5.22. The number of nitrogens with two attached hydrogens (primary N) is 1. The topological polar surface area (TPSA) is 83.7 Å². The van der Waals surface area contributed by atoms with E-state index < -0.39 is 11.8 Å². The van der Waals surface area contributed by atoms with Gasteiger partial charge in [-0.3, -0.25) is 14.4 Å². The summed E-state index contributed by atoms with van der Waals surface area (Å²) in [4.78, 5) is 36.8. The monoisotopic (exact) mass is 229 g/mol. The van der Waals surface area contributed by atoms with Gasteiger partial charge in [0.25, 0.3) is 0 Å². The highest BCUT2D eigenvalue weighted by atomic mass is 16.2. The van der Waals surface area contributed by atoms with Crippen LogP contribution in [0.4, 0.5) is 0 Å². The molecular formula is C10H19N3O3. The van der Waals surface area contributed by atoms with Gasteiger partial charge in [-0.1, -0.05) is 0 Å². The van der Waals surface area contributed by atoms with Gasteiger partial charge >= 0.3 is 0 Å². The van der Waals surface area contributed by atoms with Gasteiger partial charge in [0.2, 0.25) is 17.7 Å². The molecule has 0 spiro atoms. The van der Waals surface area contributed by atoms with E-state index in [0.29, 0.717) is 26.2 Å². The van der Waals surface area contributed by atoms with Crippen LogP contribution in [0.2, 0.25) is 0 Å². The van der Waals surface area contributed by atoms with Crippen LogP contribution in [-0.4, -0.2) is 53.7 Å². The van der Waals surface area contributed by atoms with Gasteiger partial charge in [-0.25, -0.2) is 0 Å². The summed E-state index contributed by atoms with van der Waals surface area (Å²) in [6.07, 6.45) is 0. The van der Waals surface area contributed by atoms with Crippen LogP contribution in [0.15, 0.2) is 0 Å². The molecule has 6 nitrogen and oxygen atoms in total. The lowest BCUT2D eigenvalue weighted by Crippen LogP contribution is -2.40. The summed E-state index contributed by atoms with van der Waals surface area (Å²) in [7, 11) is 0. The zero-order valence-corrected chi connectivity index (χ0v) is 9.60. The van der Waals surface area contributed by atoms with Crippen molar-refractivity contribution in [3.05, 3.63) is 0 Å². The van der Waals surface area contributed by atoms with Gasteiger partial charge in [0.05, 0.1) is 5.92 Å². The van der Waals surface area contributed by atoms with Crippen molar-refractivity contribution in [3.8, 4) is 0 Å². The molecule has 0 aromatic rings. The van der Waals surface area contributed by atoms with Crippen molar-refractivity contribution < 1.29 is 15.8 Å². The van der Waals surface area contributed by atoms with Gasteiger partial charge in [-0.2, -0.15) is 0 Å². The predicted octanol–water partition coefficient (Wildman–Crippen LogP) is -0.955. The minimum Gasteiger partial charge on any atom is -0.369 e. The van der Waals surface area contributed by atoms with Crippen molar-refractivity contribution in [1.29, 1.82) is 0 Å². The smallest absolute Gasteiger partial charge is 0.224 e. The molecule has 0 aliphatic carbocycles. The average Bonchev–Trinajstić information content (AvgIpc) is 2.39. The fraction of sp³-hybridized carbons (Fsp3) is 0.700. The number of carbonyl (C=O) groups is 3. The zero-order chi connectivity index (χ0) is 12.3. The standard InChI is InChI=1S/C10H17N3O3.H2/c1-7(14)12-3-4-13(8(2)15)6-9(5-12)10(11)16;/h9H,3-6H2,1-2H3,(H2,11,16);1H. The van der Waals surface area contributed by atoms with Gasteiger partial charge in [-0.15, -0.1) is 0 Å². The molecular weight excluding hydrogens is 210 g/mol. The maximum absolute atomic E-state index is 11.3. The second kappa shape index (κ2) is 4.96. The number of hydrogen-bond acceptors (Lipinski definition) is 3. The van der Waals surface area contributed by atoms with E-state index >= 15 is 0 Å². The Labute approximate surface area is 95.8 Å². The van der Waals surface area contributed by atoms with Gasteiger partial charge < -0.3 is 15.5 Å². The second-order valence-electron chi connectivity index (χ2n) is 4.03. The third-order valence-electron chi connectivity index (χ3n) is 2.81. The summed E-state index contributed by atoms with van der Waals surface area (Å²) in [5, 5.41) is 0. The first-order valence-corrected chi connectivity index (χ1v) is 5.22. The Morgan fingerprint density at radius 1 is 1.06 bits per heavy atom. The molecule has 1 saturated heterocycles. The van der Waals surface area contributed by atoms with Crippen LogP contribution in [0.3, 0.4) is 0 Å². The van der Waals surface area contributed by atoms with E-state index in [1.54, 1.807) is 9.80 Å². The van der Waals surface area contributed by atoms with Gasteiger partial charge in [0.15, 0.2) is 0 Å². The van der Waals surface area contributed by atoms with Gasteiger partial charge in [0.1, 0.15) is 0 Å². The van der Waals surface area contributed by atoms with Crippen molar-refractivity contribution in [1.82, 2.24) is 9.80 Å². The van der Waals surface area contributed by atoms with Crippen molar-refractivity contribution in [2.75, 3.05) is 26.2 Å². The lowest BCUT2D eigenvalue weighted by atomic mass is 10.1. The summed E-state index contributed by atoms with van der Waals surface area (Å²) >= 11 is 0. The highest BCUT2D eigenvalue weighted by molar-refractivity contribution is 5.80. The van der Waals surface area contributed by atoms with Crippen LogP contribution >= 0.6 is 0 Å². The Balaban J connectivity index is 0.00000256. The molecule has 0 aromatic heterocycles. The van der Waals surface area contributed by atoms with Crippen LogP contribution in [0, 0.1) is 5.92 Å².